The summed E-state index contributed by atoms with van der Waals surface area (Å²) < 4.78 is 2.45. The Kier molecular flexibility index (Phi) is 5.75. The molecule has 2 heterocycles. The van der Waals surface area contributed by atoms with E-state index in [1.807, 2.05) is 17.5 Å². The molecule has 0 radical (unpaired) electrons. The van der Waals surface area contributed by atoms with Crippen LogP contribution in [-0.2, 0) is 5.41 Å². The highest BCUT2D eigenvalue weighted by Gasteiger charge is 2.35. The van der Waals surface area contributed by atoms with E-state index in [1.165, 1.54) is 58.9 Å². The maximum atomic E-state index is 4.95. The fourth-order valence-corrected chi connectivity index (χ4v) is 8.41. The number of nitrogens with zero attached hydrogens (tertiary/aromatic N) is 2. The minimum absolute atomic E-state index is 0.0377. The SMILES string of the molecule is CC1(C)c2ccccc2-c2cc(N(c3ccc(-c4ccccc4)cc3)c3ccnc4c3sc3cc5ccccc5cc34)ccc21. The maximum Gasteiger partial charge on any atom is 0.0909 e. The molecule has 0 bridgehead atoms. The fourth-order valence-electron chi connectivity index (χ4n) is 7.21. The third kappa shape index (κ3) is 4.04. The number of rotatable bonds is 4. The van der Waals surface area contributed by atoms with E-state index in [0.717, 1.165) is 22.6 Å². The lowest BCUT2D eigenvalue weighted by Crippen LogP contribution is -2.15. The van der Waals surface area contributed by atoms with Crippen molar-refractivity contribution in [3.63, 3.8) is 0 Å². The first-order valence-electron chi connectivity index (χ1n) is 15.5. The van der Waals surface area contributed by atoms with E-state index in [9.17, 15) is 0 Å². The van der Waals surface area contributed by atoms with Crippen molar-refractivity contribution in [1.82, 2.24) is 4.98 Å². The first-order chi connectivity index (χ1) is 22.1. The molecule has 0 amide bonds. The molecule has 0 saturated heterocycles. The second-order valence-electron chi connectivity index (χ2n) is 12.5. The predicted molar refractivity (Wildman–Crippen MR) is 192 cm³/mol. The summed E-state index contributed by atoms with van der Waals surface area (Å²) in [5.41, 5.74) is 12.2. The van der Waals surface area contributed by atoms with E-state index in [2.05, 4.69) is 158 Å². The molecule has 0 spiro atoms. The van der Waals surface area contributed by atoms with Crippen molar-refractivity contribution >= 4 is 59.5 Å². The summed E-state index contributed by atoms with van der Waals surface area (Å²) in [5, 5.41) is 3.70. The highest BCUT2D eigenvalue weighted by atomic mass is 32.1. The molecule has 0 aliphatic heterocycles. The van der Waals surface area contributed by atoms with Crippen LogP contribution >= 0.6 is 11.3 Å². The van der Waals surface area contributed by atoms with Gasteiger partial charge >= 0.3 is 0 Å². The Bertz CT molecular complexity index is 2400. The number of hydrogen-bond donors (Lipinski definition) is 0. The molecule has 0 atom stereocenters. The first kappa shape index (κ1) is 26.2. The molecule has 2 nitrogen and oxygen atoms in total. The summed E-state index contributed by atoms with van der Waals surface area (Å²) in [5.74, 6) is 0. The molecule has 214 valence electrons. The molecule has 45 heavy (non-hydrogen) atoms. The van der Waals surface area contributed by atoms with Crippen LogP contribution in [0.2, 0.25) is 0 Å². The molecule has 1 aliphatic carbocycles. The minimum atomic E-state index is -0.0377. The quantitative estimate of drug-likeness (QED) is 0.201. The monoisotopic (exact) mass is 594 g/mol. The molecular formula is C42H30N2S. The van der Waals surface area contributed by atoms with Crippen LogP contribution in [0.3, 0.4) is 0 Å². The standard InChI is InChI=1S/C42H30N2S/c1-42(2)36-15-9-8-14-33(36)34-26-32(20-21-37(34)42)44(31-18-16-28(17-19-31)27-10-4-3-5-11-27)38-22-23-43-40-35-24-29-12-6-7-13-30(29)25-39(35)45-41(38)40/h3-26H,1-2H3. The second kappa shape index (κ2) is 9.88. The van der Waals surface area contributed by atoms with Crippen molar-refractivity contribution in [2.45, 2.75) is 19.3 Å². The van der Waals surface area contributed by atoms with Crippen LogP contribution in [0, 0.1) is 0 Å². The zero-order valence-corrected chi connectivity index (χ0v) is 26.0. The Morgan fingerprint density at radius 1 is 0.578 bits per heavy atom. The van der Waals surface area contributed by atoms with Gasteiger partial charge in [0.25, 0.3) is 0 Å². The van der Waals surface area contributed by atoms with Crippen LogP contribution in [0.4, 0.5) is 17.1 Å². The average molecular weight is 595 g/mol. The number of fused-ring (bicyclic) bond motifs is 7. The van der Waals surface area contributed by atoms with Gasteiger partial charge in [-0.25, -0.2) is 0 Å². The molecule has 9 rings (SSSR count). The second-order valence-corrected chi connectivity index (χ2v) is 13.5. The Morgan fingerprint density at radius 3 is 2.07 bits per heavy atom. The lowest BCUT2D eigenvalue weighted by molar-refractivity contribution is 0.660. The van der Waals surface area contributed by atoms with E-state index in [4.69, 9.17) is 4.98 Å². The topological polar surface area (TPSA) is 16.1 Å². The molecule has 0 N–H and O–H groups in total. The van der Waals surface area contributed by atoms with Gasteiger partial charge in [0.2, 0.25) is 0 Å². The Labute approximate surface area is 266 Å². The van der Waals surface area contributed by atoms with Gasteiger partial charge in [-0.1, -0.05) is 111 Å². The lowest BCUT2D eigenvalue weighted by atomic mass is 9.82. The average Bonchev–Trinajstić information content (AvgIpc) is 3.56. The van der Waals surface area contributed by atoms with Crippen LogP contribution in [0.15, 0.2) is 146 Å². The number of aromatic nitrogens is 1. The van der Waals surface area contributed by atoms with Crippen molar-refractivity contribution < 1.29 is 0 Å². The Morgan fingerprint density at radius 2 is 1.24 bits per heavy atom. The smallest absolute Gasteiger partial charge is 0.0909 e. The molecule has 2 aromatic heterocycles. The van der Waals surface area contributed by atoms with E-state index >= 15 is 0 Å². The van der Waals surface area contributed by atoms with Crippen LogP contribution in [-0.4, -0.2) is 4.98 Å². The fraction of sp³-hybridized carbons (Fsp3) is 0.0714. The Balaban J connectivity index is 1.28. The van der Waals surface area contributed by atoms with Crippen LogP contribution in [0.5, 0.6) is 0 Å². The minimum Gasteiger partial charge on any atom is -0.309 e. The molecular weight excluding hydrogens is 565 g/mol. The third-order valence-electron chi connectivity index (χ3n) is 9.50. The highest BCUT2D eigenvalue weighted by molar-refractivity contribution is 7.26. The van der Waals surface area contributed by atoms with Gasteiger partial charge in [0, 0.05) is 33.1 Å². The lowest BCUT2D eigenvalue weighted by Gasteiger charge is -2.27. The largest absolute Gasteiger partial charge is 0.309 e. The summed E-state index contributed by atoms with van der Waals surface area (Å²) in [6, 6.07) is 50.8. The molecule has 1 aliphatic rings. The van der Waals surface area contributed by atoms with Crippen molar-refractivity contribution in [1.29, 1.82) is 0 Å². The van der Waals surface area contributed by atoms with Gasteiger partial charge < -0.3 is 4.90 Å². The van der Waals surface area contributed by atoms with E-state index in [-0.39, 0.29) is 5.41 Å². The summed E-state index contributed by atoms with van der Waals surface area (Å²) in [4.78, 5) is 7.37. The van der Waals surface area contributed by atoms with Gasteiger partial charge in [-0.05, 0) is 86.6 Å². The number of hydrogen-bond acceptors (Lipinski definition) is 3. The molecule has 0 unspecified atom stereocenters. The zero-order valence-electron chi connectivity index (χ0n) is 25.2. The van der Waals surface area contributed by atoms with Gasteiger partial charge in [-0.3, -0.25) is 4.98 Å². The third-order valence-corrected chi connectivity index (χ3v) is 10.7. The number of thiophene rings is 1. The van der Waals surface area contributed by atoms with Gasteiger partial charge in [0.15, 0.2) is 0 Å². The summed E-state index contributed by atoms with van der Waals surface area (Å²) >= 11 is 1.83. The van der Waals surface area contributed by atoms with Gasteiger partial charge in [-0.2, -0.15) is 0 Å². The number of pyridine rings is 1. The normalized spacial score (nSPS) is 13.3. The summed E-state index contributed by atoms with van der Waals surface area (Å²) in [7, 11) is 0. The van der Waals surface area contributed by atoms with E-state index < -0.39 is 0 Å². The molecule has 3 heteroatoms. The van der Waals surface area contributed by atoms with E-state index in [1.54, 1.807) is 0 Å². The van der Waals surface area contributed by atoms with Crippen molar-refractivity contribution in [3.05, 3.63) is 157 Å². The summed E-state index contributed by atoms with van der Waals surface area (Å²) in [6.45, 7) is 4.68. The van der Waals surface area contributed by atoms with Gasteiger partial charge in [0.1, 0.15) is 0 Å². The number of anilines is 3. The van der Waals surface area contributed by atoms with Crippen LogP contribution in [0.1, 0.15) is 25.0 Å². The first-order valence-corrected chi connectivity index (χ1v) is 16.3. The molecule has 0 fully saturated rings. The maximum absolute atomic E-state index is 4.95. The van der Waals surface area contributed by atoms with Gasteiger partial charge in [0.05, 0.1) is 15.9 Å². The molecule has 8 aromatic rings. The molecule has 0 saturated carbocycles. The van der Waals surface area contributed by atoms with Gasteiger partial charge in [-0.15, -0.1) is 11.3 Å². The molecule has 6 aromatic carbocycles. The van der Waals surface area contributed by atoms with E-state index in [0.29, 0.717) is 0 Å². The predicted octanol–water partition coefficient (Wildman–Crippen LogP) is 12.0. The van der Waals surface area contributed by atoms with Crippen LogP contribution < -0.4 is 4.90 Å². The highest BCUT2D eigenvalue weighted by Crippen LogP contribution is 2.51. The van der Waals surface area contributed by atoms with Crippen LogP contribution in [0.25, 0.3) is 53.3 Å². The van der Waals surface area contributed by atoms with Crippen molar-refractivity contribution in [2.75, 3.05) is 4.90 Å². The Hall–Kier alpha value is -5.25. The van der Waals surface area contributed by atoms with Crippen molar-refractivity contribution in [3.8, 4) is 22.3 Å². The number of benzene rings is 6. The summed E-state index contributed by atoms with van der Waals surface area (Å²) in [6.07, 6.45) is 1.97. The zero-order chi connectivity index (χ0) is 30.1. The van der Waals surface area contributed by atoms with Crippen molar-refractivity contribution in [2.24, 2.45) is 0 Å².